The molecule has 0 bridgehead atoms. The highest BCUT2D eigenvalue weighted by Gasteiger charge is 2.36. The van der Waals surface area contributed by atoms with Gasteiger partial charge in [0.15, 0.2) is 0 Å². The first-order valence-corrected chi connectivity index (χ1v) is 6.08. The average molecular weight is 212 g/mol. The first kappa shape index (κ1) is 11.3. The number of hydrogen-bond donors (Lipinski definition) is 2. The van der Waals surface area contributed by atoms with Gasteiger partial charge in [0.25, 0.3) is 0 Å². The smallest absolute Gasteiger partial charge is 0.0711 e. The zero-order valence-electron chi connectivity index (χ0n) is 9.78. The minimum atomic E-state index is -0.0490. The molecule has 0 unspecified atom stereocenters. The van der Waals surface area contributed by atoms with E-state index in [4.69, 9.17) is 11.5 Å². The molecule has 88 valence electrons. The molecule has 2 rings (SSSR count). The molecule has 0 spiro atoms. The van der Waals surface area contributed by atoms with E-state index in [9.17, 15) is 0 Å². The van der Waals surface area contributed by atoms with Gasteiger partial charge in [-0.2, -0.15) is 0 Å². The zero-order chi connectivity index (χ0) is 10.9. The van der Waals surface area contributed by atoms with Gasteiger partial charge in [-0.15, -0.1) is 0 Å². The van der Waals surface area contributed by atoms with Gasteiger partial charge < -0.3 is 16.4 Å². The SMILES string of the molecule is CN1CCC(N)(N2CCC(N)CC2)CC1. The standard InChI is InChI=1S/C11H24N4/c1-14-8-4-11(13,5-9-14)15-6-2-10(12)3-7-15/h10H,2-9,12-13H2,1H3. The molecule has 0 aromatic carbocycles. The topological polar surface area (TPSA) is 58.5 Å². The highest BCUT2D eigenvalue weighted by Crippen LogP contribution is 2.26. The van der Waals surface area contributed by atoms with Crippen LogP contribution in [0.3, 0.4) is 0 Å². The first-order valence-electron chi connectivity index (χ1n) is 6.08. The predicted octanol–water partition coefficient (Wildman–Crippen LogP) is -0.210. The Hall–Kier alpha value is -0.160. The molecule has 0 saturated carbocycles. The van der Waals surface area contributed by atoms with Crippen LogP contribution in [0, 0.1) is 0 Å². The Balaban J connectivity index is 1.91. The van der Waals surface area contributed by atoms with E-state index in [2.05, 4.69) is 16.8 Å². The van der Waals surface area contributed by atoms with E-state index in [1.807, 2.05) is 0 Å². The van der Waals surface area contributed by atoms with Gasteiger partial charge in [0.05, 0.1) is 5.66 Å². The van der Waals surface area contributed by atoms with Crippen LogP contribution in [0.5, 0.6) is 0 Å². The molecule has 4 N–H and O–H groups in total. The summed E-state index contributed by atoms with van der Waals surface area (Å²) in [6.07, 6.45) is 4.40. The molecule has 2 heterocycles. The molecule has 2 aliphatic rings. The second-order valence-corrected chi connectivity index (χ2v) is 5.23. The van der Waals surface area contributed by atoms with E-state index in [0.29, 0.717) is 6.04 Å². The Morgan fingerprint density at radius 1 is 1.07 bits per heavy atom. The Kier molecular flexibility index (Phi) is 3.30. The highest BCUT2D eigenvalue weighted by molar-refractivity contribution is 4.92. The van der Waals surface area contributed by atoms with Crippen LogP contribution in [0.15, 0.2) is 0 Å². The van der Waals surface area contributed by atoms with Crippen LogP contribution < -0.4 is 11.5 Å². The van der Waals surface area contributed by atoms with Crippen molar-refractivity contribution < 1.29 is 0 Å². The lowest BCUT2D eigenvalue weighted by atomic mass is 9.93. The Morgan fingerprint density at radius 2 is 1.60 bits per heavy atom. The van der Waals surface area contributed by atoms with E-state index in [0.717, 1.165) is 51.9 Å². The van der Waals surface area contributed by atoms with Gasteiger partial charge in [-0.3, -0.25) is 4.90 Å². The molecular weight excluding hydrogens is 188 g/mol. The maximum atomic E-state index is 6.50. The van der Waals surface area contributed by atoms with Crippen molar-refractivity contribution in [2.75, 3.05) is 33.2 Å². The maximum Gasteiger partial charge on any atom is 0.0711 e. The molecule has 2 aliphatic heterocycles. The van der Waals surface area contributed by atoms with Crippen molar-refractivity contribution in [1.82, 2.24) is 9.80 Å². The van der Waals surface area contributed by atoms with Crippen LogP contribution >= 0.6 is 0 Å². The van der Waals surface area contributed by atoms with Gasteiger partial charge in [0, 0.05) is 32.2 Å². The third-order valence-corrected chi connectivity index (χ3v) is 4.02. The summed E-state index contributed by atoms with van der Waals surface area (Å²) in [5, 5.41) is 0. The van der Waals surface area contributed by atoms with E-state index in [1.54, 1.807) is 0 Å². The monoisotopic (exact) mass is 212 g/mol. The van der Waals surface area contributed by atoms with Gasteiger partial charge in [-0.25, -0.2) is 0 Å². The molecule has 4 heteroatoms. The van der Waals surface area contributed by atoms with Crippen molar-refractivity contribution in [2.24, 2.45) is 11.5 Å². The van der Waals surface area contributed by atoms with Crippen LogP contribution in [0.25, 0.3) is 0 Å². The van der Waals surface area contributed by atoms with Crippen molar-refractivity contribution in [3.05, 3.63) is 0 Å². The molecular formula is C11H24N4. The third kappa shape index (κ3) is 2.50. The van der Waals surface area contributed by atoms with E-state index >= 15 is 0 Å². The van der Waals surface area contributed by atoms with Crippen LogP contribution in [-0.4, -0.2) is 54.7 Å². The number of likely N-dealkylation sites (tertiary alicyclic amines) is 2. The fraction of sp³-hybridized carbons (Fsp3) is 1.00. The summed E-state index contributed by atoms with van der Waals surface area (Å²) >= 11 is 0. The molecule has 2 fully saturated rings. The van der Waals surface area contributed by atoms with Crippen LogP contribution in [0.2, 0.25) is 0 Å². The van der Waals surface area contributed by atoms with Gasteiger partial charge in [0.2, 0.25) is 0 Å². The molecule has 15 heavy (non-hydrogen) atoms. The van der Waals surface area contributed by atoms with Crippen LogP contribution in [-0.2, 0) is 0 Å². The zero-order valence-corrected chi connectivity index (χ0v) is 9.78. The summed E-state index contributed by atoms with van der Waals surface area (Å²) in [6.45, 7) is 4.42. The molecule has 0 atom stereocenters. The number of hydrogen-bond acceptors (Lipinski definition) is 4. The van der Waals surface area contributed by atoms with E-state index < -0.39 is 0 Å². The number of nitrogens with two attached hydrogens (primary N) is 2. The van der Waals surface area contributed by atoms with E-state index in [-0.39, 0.29) is 5.66 Å². The molecule has 2 saturated heterocycles. The Bertz CT molecular complexity index is 203. The summed E-state index contributed by atoms with van der Waals surface area (Å²) in [7, 11) is 2.17. The first-order chi connectivity index (χ1) is 7.10. The predicted molar refractivity (Wildman–Crippen MR) is 62.4 cm³/mol. The van der Waals surface area contributed by atoms with Gasteiger partial charge >= 0.3 is 0 Å². The van der Waals surface area contributed by atoms with Gasteiger partial charge in [-0.1, -0.05) is 0 Å². The summed E-state index contributed by atoms with van der Waals surface area (Å²) in [5.41, 5.74) is 12.4. The molecule has 0 aromatic heterocycles. The number of nitrogens with zero attached hydrogens (tertiary/aromatic N) is 2. The van der Waals surface area contributed by atoms with E-state index in [1.165, 1.54) is 0 Å². The van der Waals surface area contributed by atoms with Crippen molar-refractivity contribution in [1.29, 1.82) is 0 Å². The third-order valence-electron chi connectivity index (χ3n) is 4.02. The Morgan fingerprint density at radius 3 is 2.13 bits per heavy atom. The summed E-state index contributed by atoms with van der Waals surface area (Å²) in [4.78, 5) is 4.82. The minimum Gasteiger partial charge on any atom is -0.328 e. The summed E-state index contributed by atoms with van der Waals surface area (Å²) in [5.74, 6) is 0. The lowest BCUT2D eigenvalue weighted by Crippen LogP contribution is -2.63. The lowest BCUT2D eigenvalue weighted by molar-refractivity contribution is 0.0153. The highest BCUT2D eigenvalue weighted by atomic mass is 15.3. The molecule has 0 aromatic rings. The van der Waals surface area contributed by atoms with Crippen molar-refractivity contribution in [2.45, 2.75) is 37.4 Å². The average Bonchev–Trinajstić information content (AvgIpc) is 2.24. The molecule has 0 amide bonds. The Labute approximate surface area is 92.6 Å². The molecule has 4 nitrogen and oxygen atoms in total. The number of rotatable bonds is 1. The maximum absolute atomic E-state index is 6.50. The normalized spacial score (nSPS) is 30.6. The summed E-state index contributed by atoms with van der Waals surface area (Å²) in [6, 6.07) is 0.399. The van der Waals surface area contributed by atoms with Crippen molar-refractivity contribution >= 4 is 0 Å². The second-order valence-electron chi connectivity index (χ2n) is 5.23. The molecule has 0 aliphatic carbocycles. The van der Waals surface area contributed by atoms with Crippen LogP contribution in [0.1, 0.15) is 25.7 Å². The fourth-order valence-electron chi connectivity index (χ4n) is 2.67. The lowest BCUT2D eigenvalue weighted by Gasteiger charge is -2.48. The van der Waals surface area contributed by atoms with Crippen molar-refractivity contribution in [3.8, 4) is 0 Å². The van der Waals surface area contributed by atoms with Crippen molar-refractivity contribution in [3.63, 3.8) is 0 Å². The van der Waals surface area contributed by atoms with Crippen LogP contribution in [0.4, 0.5) is 0 Å². The largest absolute Gasteiger partial charge is 0.328 e. The fourth-order valence-corrected chi connectivity index (χ4v) is 2.67. The minimum absolute atomic E-state index is 0.0490. The van der Waals surface area contributed by atoms with Gasteiger partial charge in [0.1, 0.15) is 0 Å². The second kappa shape index (κ2) is 4.37. The summed E-state index contributed by atoms with van der Waals surface area (Å²) < 4.78 is 0. The quantitative estimate of drug-likeness (QED) is 0.631. The molecule has 0 radical (unpaired) electrons. The number of piperidine rings is 2. The van der Waals surface area contributed by atoms with Gasteiger partial charge in [-0.05, 0) is 32.7 Å².